The van der Waals surface area contributed by atoms with Crippen molar-refractivity contribution in [2.75, 3.05) is 0 Å². The Bertz CT molecular complexity index is 4330. The lowest BCUT2D eigenvalue weighted by atomic mass is 9.87. The van der Waals surface area contributed by atoms with Crippen LogP contribution in [0.5, 0.6) is 0 Å². The van der Waals surface area contributed by atoms with E-state index in [9.17, 15) is 10.5 Å². The molecule has 0 bridgehead atoms. The van der Waals surface area contributed by atoms with Gasteiger partial charge in [-0.1, -0.05) is 170 Å². The Kier molecular flexibility index (Phi) is 9.95. The van der Waals surface area contributed by atoms with Crippen molar-refractivity contribution in [1.29, 1.82) is 10.5 Å². The van der Waals surface area contributed by atoms with Crippen molar-refractivity contribution < 1.29 is 0 Å². The van der Waals surface area contributed by atoms with Crippen LogP contribution in [0.3, 0.4) is 0 Å². The molecule has 0 spiro atoms. The molecule has 9 aromatic carbocycles. The normalized spacial score (nSPS) is 13.0. The average Bonchev–Trinajstić information content (AvgIpc) is 4.17. The average molecular weight is 921 g/mol. The predicted molar refractivity (Wildman–Crippen MR) is 301 cm³/mol. The van der Waals surface area contributed by atoms with Crippen LogP contribution in [-0.2, 0) is 0 Å². The summed E-state index contributed by atoms with van der Waals surface area (Å²) in [4.78, 5) is 0. The van der Waals surface area contributed by atoms with E-state index < -0.39 is 5.92 Å². The zero-order valence-electron chi connectivity index (χ0n) is 39.2. The maximum atomic E-state index is 11.8. The molecule has 72 heavy (non-hydrogen) atoms. The summed E-state index contributed by atoms with van der Waals surface area (Å²) in [5.41, 5.74) is 13.2. The van der Waals surface area contributed by atoms with E-state index in [0.29, 0.717) is 12.0 Å². The third-order valence-corrected chi connectivity index (χ3v) is 14.5. The molecule has 1 unspecified atom stereocenters. The van der Waals surface area contributed by atoms with Crippen LogP contribution in [0.1, 0.15) is 17.5 Å². The molecule has 0 fully saturated rings. The monoisotopic (exact) mass is 920 g/mol. The van der Waals surface area contributed by atoms with Crippen molar-refractivity contribution in [1.82, 2.24) is 18.3 Å². The fourth-order valence-electron chi connectivity index (χ4n) is 11.5. The summed E-state index contributed by atoms with van der Waals surface area (Å²) in [5, 5.41) is 30.7. The number of nitriles is 2. The van der Waals surface area contributed by atoms with Crippen molar-refractivity contribution >= 4 is 116 Å². The maximum absolute atomic E-state index is 11.8. The SMILES string of the molecule is C=CCC(C#N)/C(=C(\C(=C(/C(=C)n1c2ccccc2c2ccccc21)n1c2ccccc2c2ccccc21)n1c2ccccc2c2ccccc21)n1c2ccccc2c2ccccc21)c1ccc(C#N)cc1. The minimum absolute atomic E-state index is 0.353. The van der Waals surface area contributed by atoms with Gasteiger partial charge < -0.3 is 18.3 Å². The molecule has 6 nitrogen and oxygen atoms in total. The van der Waals surface area contributed by atoms with Gasteiger partial charge in [-0.05, 0) is 72.6 Å². The number of nitrogens with zero attached hydrogens (tertiary/aromatic N) is 6. The number of hydrogen-bond donors (Lipinski definition) is 0. The highest BCUT2D eigenvalue weighted by atomic mass is 15.2. The van der Waals surface area contributed by atoms with Gasteiger partial charge in [-0.3, -0.25) is 0 Å². The van der Waals surface area contributed by atoms with Crippen LogP contribution >= 0.6 is 0 Å². The second kappa shape index (κ2) is 17.0. The second-order valence-corrected chi connectivity index (χ2v) is 18.3. The first-order valence-corrected chi connectivity index (χ1v) is 24.2. The van der Waals surface area contributed by atoms with Crippen LogP contribution in [0.15, 0.2) is 238 Å². The number of hydrogen-bond acceptors (Lipinski definition) is 2. The predicted octanol–water partition coefficient (Wildman–Crippen LogP) is 16.8. The van der Waals surface area contributed by atoms with Gasteiger partial charge in [0.1, 0.15) is 0 Å². The molecule has 6 heteroatoms. The molecule has 0 N–H and O–H groups in total. The van der Waals surface area contributed by atoms with Crippen molar-refractivity contribution in [3.8, 4) is 12.1 Å². The molecule has 0 saturated heterocycles. The van der Waals surface area contributed by atoms with Crippen LogP contribution in [0.2, 0.25) is 0 Å². The molecule has 4 heterocycles. The summed E-state index contributed by atoms with van der Waals surface area (Å²) in [6.45, 7) is 9.58. The Balaban J connectivity index is 1.39. The lowest BCUT2D eigenvalue weighted by Crippen LogP contribution is -2.17. The first-order chi connectivity index (χ1) is 35.6. The smallest absolute Gasteiger partial charge is 0.0991 e. The summed E-state index contributed by atoms with van der Waals surface area (Å²) < 4.78 is 9.55. The van der Waals surface area contributed by atoms with Gasteiger partial charge in [-0.25, -0.2) is 0 Å². The summed E-state index contributed by atoms with van der Waals surface area (Å²) in [7, 11) is 0. The summed E-state index contributed by atoms with van der Waals surface area (Å²) in [6.07, 6.45) is 2.20. The molecule has 13 rings (SSSR count). The lowest BCUT2D eigenvalue weighted by molar-refractivity contribution is 0.867. The van der Waals surface area contributed by atoms with Crippen molar-refractivity contribution in [3.63, 3.8) is 0 Å². The quantitative estimate of drug-likeness (QED) is 0.101. The standard InChI is InChI=1S/C66H44N6/c1-3-20-46(42-68)63(45-39-37-44(41-67)38-40-45)65(71-59-33-16-8-25-51(59)52-26-9-17-34-60(52)71)66(72-61-35-18-10-27-53(61)54-28-11-19-36-62(54)72)64(70-57-31-14-6-23-49(57)50-24-7-15-32-58(50)70)43(2)69-55-29-12-4-21-47(55)48-22-5-13-30-56(48)69/h3-19,21-40,46H,1-2,20H2/b65-63+,66-64-. The van der Waals surface area contributed by atoms with Gasteiger partial charge in [-0.15, -0.1) is 6.58 Å². The Morgan fingerprint density at radius 1 is 0.389 bits per heavy atom. The fourth-order valence-corrected chi connectivity index (χ4v) is 11.5. The Morgan fingerprint density at radius 3 is 0.986 bits per heavy atom. The Hall–Kier alpha value is -9.88. The number of aromatic nitrogens is 4. The highest BCUT2D eigenvalue weighted by Gasteiger charge is 2.34. The third-order valence-electron chi connectivity index (χ3n) is 14.5. The van der Waals surface area contributed by atoms with E-state index in [1.165, 1.54) is 0 Å². The van der Waals surface area contributed by atoms with Crippen LogP contribution in [0, 0.1) is 28.6 Å². The fraction of sp³-hybridized carbons (Fsp3) is 0.0303. The Morgan fingerprint density at radius 2 is 0.681 bits per heavy atom. The molecule has 0 aliphatic heterocycles. The maximum Gasteiger partial charge on any atom is 0.0991 e. The van der Waals surface area contributed by atoms with E-state index in [2.05, 4.69) is 231 Å². The number of benzene rings is 9. The van der Waals surface area contributed by atoms with Crippen molar-refractivity contribution in [2.24, 2.45) is 5.92 Å². The number of allylic oxidation sites excluding steroid dienone is 6. The third kappa shape index (κ3) is 6.27. The highest BCUT2D eigenvalue weighted by Crippen LogP contribution is 2.50. The van der Waals surface area contributed by atoms with E-state index in [0.717, 1.165) is 121 Å². The van der Waals surface area contributed by atoms with E-state index in [-0.39, 0.29) is 0 Å². The largest absolute Gasteiger partial charge is 0.308 e. The first kappa shape index (κ1) is 42.2. The zero-order valence-corrected chi connectivity index (χ0v) is 39.2. The number of fused-ring (bicyclic) bond motifs is 12. The first-order valence-electron chi connectivity index (χ1n) is 24.2. The molecule has 0 aliphatic rings. The minimum atomic E-state index is -0.714. The zero-order chi connectivity index (χ0) is 48.5. The van der Waals surface area contributed by atoms with Crippen LogP contribution in [0.25, 0.3) is 116 Å². The minimum Gasteiger partial charge on any atom is -0.308 e. The van der Waals surface area contributed by atoms with Crippen molar-refractivity contribution in [3.05, 3.63) is 249 Å². The van der Waals surface area contributed by atoms with E-state index in [1.54, 1.807) is 0 Å². The molecule has 0 aliphatic carbocycles. The summed E-state index contributed by atoms with van der Waals surface area (Å²) in [5.74, 6) is -0.714. The van der Waals surface area contributed by atoms with Gasteiger partial charge in [0.25, 0.3) is 0 Å². The number of para-hydroxylation sites is 8. The molecular formula is C66H44N6. The molecular weight excluding hydrogens is 877 g/mol. The van der Waals surface area contributed by atoms with Gasteiger partial charge in [-0.2, -0.15) is 10.5 Å². The van der Waals surface area contributed by atoms with E-state index in [4.69, 9.17) is 6.58 Å². The van der Waals surface area contributed by atoms with Crippen LogP contribution in [0.4, 0.5) is 0 Å². The highest BCUT2D eigenvalue weighted by molar-refractivity contribution is 6.28. The van der Waals surface area contributed by atoms with Crippen molar-refractivity contribution in [2.45, 2.75) is 6.42 Å². The van der Waals surface area contributed by atoms with Gasteiger partial charge in [0.2, 0.25) is 0 Å². The molecule has 0 amide bonds. The Labute approximate surface area is 415 Å². The van der Waals surface area contributed by atoms with Gasteiger partial charge in [0.15, 0.2) is 0 Å². The van der Waals surface area contributed by atoms with E-state index >= 15 is 0 Å². The van der Waals surface area contributed by atoms with Gasteiger partial charge in [0.05, 0.1) is 90.5 Å². The van der Waals surface area contributed by atoms with Crippen LogP contribution in [-0.4, -0.2) is 18.3 Å². The van der Waals surface area contributed by atoms with Gasteiger partial charge >= 0.3 is 0 Å². The summed E-state index contributed by atoms with van der Waals surface area (Å²) in [6, 6.07) is 81.7. The molecule has 4 aromatic heterocycles. The van der Waals surface area contributed by atoms with E-state index in [1.807, 2.05) is 30.3 Å². The topological polar surface area (TPSA) is 67.3 Å². The molecule has 13 aromatic rings. The molecule has 0 radical (unpaired) electrons. The second-order valence-electron chi connectivity index (χ2n) is 18.3. The van der Waals surface area contributed by atoms with Gasteiger partial charge in [0, 0.05) is 48.7 Å². The summed E-state index contributed by atoms with van der Waals surface area (Å²) >= 11 is 0. The molecule has 0 saturated carbocycles. The van der Waals surface area contributed by atoms with Crippen LogP contribution < -0.4 is 0 Å². The molecule has 338 valence electrons. The molecule has 1 atom stereocenters. The lowest BCUT2D eigenvalue weighted by Gasteiger charge is -2.30. The number of rotatable bonds is 10.